The molecule has 120 valence electrons. The molecule has 0 aromatic heterocycles. The first kappa shape index (κ1) is 16.5. The lowest BCUT2D eigenvalue weighted by molar-refractivity contribution is 0.0828. The van der Waals surface area contributed by atoms with Crippen molar-refractivity contribution in [1.82, 2.24) is 4.90 Å². The maximum Gasteiger partial charge on any atom is 0.418 e. The number of methoxy groups -OCH3 is 1. The van der Waals surface area contributed by atoms with E-state index in [4.69, 9.17) is 4.74 Å². The van der Waals surface area contributed by atoms with Gasteiger partial charge in [0, 0.05) is 14.1 Å². The van der Waals surface area contributed by atoms with Crippen molar-refractivity contribution in [3.8, 4) is 0 Å². The Balaban J connectivity index is 2.65. The van der Waals surface area contributed by atoms with Gasteiger partial charge < -0.3 is 9.64 Å². The maximum atomic E-state index is 12.4. The number of carbonyl (C=O) groups excluding carboxylic acids is 2. The predicted octanol–water partition coefficient (Wildman–Crippen LogP) is 3.60. The van der Waals surface area contributed by atoms with Crippen LogP contribution < -0.4 is 4.90 Å². The van der Waals surface area contributed by atoms with E-state index in [2.05, 4.69) is 0 Å². The van der Waals surface area contributed by atoms with E-state index in [-0.39, 0.29) is 5.91 Å². The molecule has 0 saturated carbocycles. The molecule has 23 heavy (non-hydrogen) atoms. The van der Waals surface area contributed by atoms with Crippen LogP contribution in [0.3, 0.4) is 0 Å². The van der Waals surface area contributed by atoms with E-state index >= 15 is 0 Å². The molecule has 0 spiro atoms. The minimum absolute atomic E-state index is 0.178. The van der Waals surface area contributed by atoms with Crippen molar-refractivity contribution >= 4 is 23.4 Å². The van der Waals surface area contributed by atoms with Crippen molar-refractivity contribution in [2.24, 2.45) is 0 Å². The van der Waals surface area contributed by atoms with Gasteiger partial charge in [-0.3, -0.25) is 4.79 Å². The fourth-order valence-electron chi connectivity index (χ4n) is 2.32. The Bertz CT molecular complexity index is 726. The summed E-state index contributed by atoms with van der Waals surface area (Å²) in [4.78, 5) is 27.7. The van der Waals surface area contributed by atoms with Gasteiger partial charge in [-0.05, 0) is 30.7 Å². The number of para-hydroxylation sites is 2. The fourth-order valence-corrected chi connectivity index (χ4v) is 2.32. The molecule has 2 aromatic carbocycles. The summed E-state index contributed by atoms with van der Waals surface area (Å²) < 4.78 is 4.93. The van der Waals surface area contributed by atoms with Crippen LogP contribution in [0.25, 0.3) is 0 Å². The van der Waals surface area contributed by atoms with Crippen molar-refractivity contribution < 1.29 is 14.3 Å². The largest absolute Gasteiger partial charge is 0.452 e. The molecule has 2 aromatic rings. The number of carbonyl (C=O) groups is 2. The minimum Gasteiger partial charge on any atom is -0.452 e. The van der Waals surface area contributed by atoms with Gasteiger partial charge in [-0.1, -0.05) is 30.3 Å². The second kappa shape index (κ2) is 6.96. The molecule has 0 atom stereocenters. The minimum atomic E-state index is -0.543. The standard InChI is InChI=1S/C18H20N2O3/c1-13-9-5-7-11-15(13)20(18(22)23-4)16-12-8-6-10-14(16)17(21)19(2)3/h5-12H,1-4H3. The van der Waals surface area contributed by atoms with Gasteiger partial charge in [0.25, 0.3) is 5.91 Å². The van der Waals surface area contributed by atoms with Gasteiger partial charge in [0.2, 0.25) is 0 Å². The summed E-state index contributed by atoms with van der Waals surface area (Å²) in [5, 5.41) is 0. The highest BCUT2D eigenvalue weighted by molar-refractivity contribution is 6.06. The Morgan fingerprint density at radius 2 is 1.48 bits per heavy atom. The molecule has 0 N–H and O–H groups in total. The molecule has 5 nitrogen and oxygen atoms in total. The van der Waals surface area contributed by atoms with Gasteiger partial charge in [-0.25, -0.2) is 9.69 Å². The molecule has 0 aliphatic heterocycles. The van der Waals surface area contributed by atoms with E-state index in [1.165, 1.54) is 16.9 Å². The van der Waals surface area contributed by atoms with Crippen LogP contribution in [-0.2, 0) is 4.74 Å². The quantitative estimate of drug-likeness (QED) is 0.870. The molecule has 2 amide bonds. The summed E-state index contributed by atoms with van der Waals surface area (Å²) in [6.07, 6.45) is -0.543. The van der Waals surface area contributed by atoms with Crippen molar-refractivity contribution in [3.05, 3.63) is 59.7 Å². The zero-order valence-corrected chi connectivity index (χ0v) is 13.7. The maximum absolute atomic E-state index is 12.4. The fraction of sp³-hybridized carbons (Fsp3) is 0.222. The first-order chi connectivity index (χ1) is 11.0. The topological polar surface area (TPSA) is 49.9 Å². The summed E-state index contributed by atoms with van der Waals surface area (Å²) in [6.45, 7) is 1.90. The highest BCUT2D eigenvalue weighted by Crippen LogP contribution is 2.32. The van der Waals surface area contributed by atoms with Crippen LogP contribution in [0.4, 0.5) is 16.2 Å². The number of ether oxygens (including phenoxy) is 1. The molecule has 0 radical (unpaired) electrons. The van der Waals surface area contributed by atoms with Crippen LogP contribution in [0.1, 0.15) is 15.9 Å². The second-order valence-corrected chi connectivity index (χ2v) is 5.31. The van der Waals surface area contributed by atoms with Crippen molar-refractivity contribution in [2.45, 2.75) is 6.92 Å². The predicted molar refractivity (Wildman–Crippen MR) is 90.2 cm³/mol. The molecule has 5 heteroatoms. The Morgan fingerprint density at radius 3 is 2.04 bits per heavy atom. The van der Waals surface area contributed by atoms with Gasteiger partial charge in [0.05, 0.1) is 24.0 Å². The lowest BCUT2D eigenvalue weighted by atomic mass is 10.1. The third-order valence-electron chi connectivity index (χ3n) is 3.50. The summed E-state index contributed by atoms with van der Waals surface area (Å²) in [7, 11) is 4.68. The average Bonchev–Trinajstić information content (AvgIpc) is 2.56. The number of amides is 2. The average molecular weight is 312 g/mol. The number of anilines is 2. The number of hydrogen-bond acceptors (Lipinski definition) is 3. The summed E-state index contributed by atoms with van der Waals surface area (Å²) in [5.74, 6) is -0.178. The van der Waals surface area contributed by atoms with E-state index < -0.39 is 6.09 Å². The van der Waals surface area contributed by atoms with Crippen LogP contribution >= 0.6 is 0 Å². The van der Waals surface area contributed by atoms with Crippen LogP contribution in [0.2, 0.25) is 0 Å². The van der Waals surface area contributed by atoms with Crippen molar-refractivity contribution in [2.75, 3.05) is 26.1 Å². The second-order valence-electron chi connectivity index (χ2n) is 5.31. The molecule has 2 rings (SSSR count). The van der Waals surface area contributed by atoms with Crippen molar-refractivity contribution in [3.63, 3.8) is 0 Å². The number of benzene rings is 2. The molecule has 0 bridgehead atoms. The lowest BCUT2D eigenvalue weighted by Crippen LogP contribution is -2.30. The monoisotopic (exact) mass is 312 g/mol. The molecule has 0 heterocycles. The number of nitrogens with zero attached hydrogens (tertiary/aromatic N) is 2. The normalized spacial score (nSPS) is 10.1. The third kappa shape index (κ3) is 3.34. The van der Waals surface area contributed by atoms with Crippen LogP contribution in [-0.4, -0.2) is 38.1 Å². The number of aryl methyl sites for hydroxylation is 1. The Hall–Kier alpha value is -2.82. The molecule has 0 unspecified atom stereocenters. The molecular formula is C18H20N2O3. The Morgan fingerprint density at radius 1 is 0.913 bits per heavy atom. The van der Waals surface area contributed by atoms with Gasteiger partial charge in [-0.2, -0.15) is 0 Å². The first-order valence-electron chi connectivity index (χ1n) is 7.21. The van der Waals surface area contributed by atoms with Crippen LogP contribution in [0, 0.1) is 6.92 Å². The molecule has 0 fully saturated rings. The zero-order chi connectivity index (χ0) is 17.0. The zero-order valence-electron chi connectivity index (χ0n) is 13.7. The number of hydrogen-bond donors (Lipinski definition) is 0. The van der Waals surface area contributed by atoms with Gasteiger partial charge >= 0.3 is 6.09 Å². The number of rotatable bonds is 3. The van der Waals surface area contributed by atoms with E-state index in [1.807, 2.05) is 31.2 Å². The molecular weight excluding hydrogens is 292 g/mol. The van der Waals surface area contributed by atoms with Gasteiger partial charge in [0.1, 0.15) is 0 Å². The Labute approximate surface area is 136 Å². The van der Waals surface area contributed by atoms with E-state index in [9.17, 15) is 9.59 Å². The Kier molecular flexibility index (Phi) is 5.01. The molecule has 0 aliphatic carbocycles. The molecule has 0 aliphatic rings. The van der Waals surface area contributed by atoms with Gasteiger partial charge in [-0.15, -0.1) is 0 Å². The SMILES string of the molecule is COC(=O)N(c1ccccc1C)c1ccccc1C(=O)N(C)C. The lowest BCUT2D eigenvalue weighted by Gasteiger charge is -2.25. The highest BCUT2D eigenvalue weighted by atomic mass is 16.5. The highest BCUT2D eigenvalue weighted by Gasteiger charge is 2.25. The summed E-state index contributed by atoms with van der Waals surface area (Å²) >= 11 is 0. The van der Waals surface area contributed by atoms with E-state index in [0.29, 0.717) is 16.9 Å². The van der Waals surface area contributed by atoms with Crippen LogP contribution in [0.15, 0.2) is 48.5 Å². The first-order valence-corrected chi connectivity index (χ1v) is 7.21. The summed E-state index contributed by atoms with van der Waals surface area (Å²) in [6, 6.07) is 14.5. The molecule has 0 saturated heterocycles. The van der Waals surface area contributed by atoms with E-state index in [1.54, 1.807) is 38.4 Å². The third-order valence-corrected chi connectivity index (χ3v) is 3.50. The van der Waals surface area contributed by atoms with E-state index in [0.717, 1.165) is 5.56 Å². The van der Waals surface area contributed by atoms with Gasteiger partial charge in [0.15, 0.2) is 0 Å². The van der Waals surface area contributed by atoms with Crippen LogP contribution in [0.5, 0.6) is 0 Å². The smallest absolute Gasteiger partial charge is 0.418 e. The van der Waals surface area contributed by atoms with Crippen molar-refractivity contribution in [1.29, 1.82) is 0 Å². The summed E-state index contributed by atoms with van der Waals surface area (Å²) in [5.41, 5.74) is 2.52.